The first-order valence-electron chi connectivity index (χ1n) is 6.34. The minimum absolute atomic E-state index is 0.0105. The van der Waals surface area contributed by atoms with Gasteiger partial charge in [-0.05, 0) is 17.7 Å². The van der Waals surface area contributed by atoms with Crippen LogP contribution in [-0.2, 0) is 9.53 Å². The zero-order chi connectivity index (χ0) is 15.1. The van der Waals surface area contributed by atoms with Gasteiger partial charge in [0.15, 0.2) is 11.5 Å². The number of methoxy groups -OCH3 is 1. The maximum atomic E-state index is 12.0. The molecule has 2 heterocycles. The average Bonchev–Trinajstić information content (AvgIpc) is 2.86. The Morgan fingerprint density at radius 3 is 2.90 bits per heavy atom. The summed E-state index contributed by atoms with van der Waals surface area (Å²) in [5.74, 6) is -0.188. The first-order chi connectivity index (χ1) is 10.0. The van der Waals surface area contributed by atoms with Crippen molar-refractivity contribution >= 4 is 12.0 Å². The normalized spacial score (nSPS) is 21.0. The molecule has 0 aromatic heterocycles. The van der Waals surface area contributed by atoms with E-state index in [1.165, 1.54) is 18.1 Å². The molecule has 2 aliphatic rings. The van der Waals surface area contributed by atoms with Crippen molar-refractivity contribution in [2.24, 2.45) is 0 Å². The zero-order valence-electron chi connectivity index (χ0n) is 11.5. The molecule has 7 nitrogen and oxygen atoms in total. The first-order valence-corrected chi connectivity index (χ1v) is 6.34. The summed E-state index contributed by atoms with van der Waals surface area (Å²) in [5, 5.41) is 12.4. The van der Waals surface area contributed by atoms with Crippen molar-refractivity contribution in [2.75, 3.05) is 20.8 Å². The highest BCUT2D eigenvalue weighted by molar-refractivity contribution is 5.97. The van der Waals surface area contributed by atoms with E-state index in [1.807, 2.05) is 0 Å². The number of amides is 2. The number of likely N-dealkylation sites (N-methyl/N-ethyl adjacent to an activating group) is 1. The number of carbonyl (C=O) groups excluding carboxylic acids is 2. The number of aromatic hydroxyl groups is 1. The highest BCUT2D eigenvalue weighted by Gasteiger charge is 2.40. The number of carbonyl (C=O) groups is 2. The number of hydrogen-bond donors (Lipinski definition) is 2. The summed E-state index contributed by atoms with van der Waals surface area (Å²) in [4.78, 5) is 25.3. The summed E-state index contributed by atoms with van der Waals surface area (Å²) in [6.45, 7) is 0.0871. The summed E-state index contributed by atoms with van der Waals surface area (Å²) in [7, 11) is 3.01. The third-order valence-corrected chi connectivity index (χ3v) is 3.67. The fraction of sp³-hybridized carbons (Fsp3) is 0.286. The molecule has 3 rings (SSSR count). The predicted octanol–water partition coefficient (Wildman–Crippen LogP) is 0.908. The van der Waals surface area contributed by atoms with Crippen molar-refractivity contribution in [1.82, 2.24) is 10.2 Å². The van der Waals surface area contributed by atoms with Gasteiger partial charge in [0.05, 0.1) is 24.4 Å². The molecule has 2 amide bonds. The van der Waals surface area contributed by atoms with Crippen LogP contribution < -0.4 is 10.1 Å². The average molecular weight is 290 g/mol. The second-order valence-electron chi connectivity index (χ2n) is 4.81. The third kappa shape index (κ3) is 1.97. The minimum Gasteiger partial charge on any atom is -0.504 e. The van der Waals surface area contributed by atoms with Crippen LogP contribution in [0.1, 0.15) is 11.6 Å². The van der Waals surface area contributed by atoms with Crippen molar-refractivity contribution in [3.63, 3.8) is 0 Å². The number of urea groups is 1. The van der Waals surface area contributed by atoms with E-state index < -0.39 is 12.0 Å². The van der Waals surface area contributed by atoms with Crippen LogP contribution in [0, 0.1) is 0 Å². The van der Waals surface area contributed by atoms with Crippen LogP contribution in [-0.4, -0.2) is 42.8 Å². The van der Waals surface area contributed by atoms with Crippen LogP contribution in [0.5, 0.6) is 11.5 Å². The molecule has 0 radical (unpaired) electrons. The van der Waals surface area contributed by atoms with Gasteiger partial charge >= 0.3 is 12.0 Å². The lowest BCUT2D eigenvalue weighted by Crippen LogP contribution is -2.45. The van der Waals surface area contributed by atoms with Crippen molar-refractivity contribution in [3.05, 3.63) is 35.0 Å². The zero-order valence-corrected chi connectivity index (χ0v) is 11.5. The fourth-order valence-electron chi connectivity index (χ4n) is 2.51. The highest BCUT2D eigenvalue weighted by Crippen LogP contribution is 2.37. The van der Waals surface area contributed by atoms with Gasteiger partial charge < -0.3 is 19.9 Å². The van der Waals surface area contributed by atoms with Gasteiger partial charge in [-0.15, -0.1) is 0 Å². The molecule has 0 saturated heterocycles. The number of ether oxygens (including phenoxy) is 2. The lowest BCUT2D eigenvalue weighted by molar-refractivity contribution is -0.136. The lowest BCUT2D eigenvalue weighted by Gasteiger charge is -2.30. The van der Waals surface area contributed by atoms with Crippen LogP contribution >= 0.6 is 0 Å². The van der Waals surface area contributed by atoms with Crippen molar-refractivity contribution in [1.29, 1.82) is 0 Å². The summed E-state index contributed by atoms with van der Waals surface area (Å²) >= 11 is 0. The van der Waals surface area contributed by atoms with Crippen molar-refractivity contribution < 1.29 is 24.2 Å². The molecule has 0 spiro atoms. The standard InChI is InChI=1S/C14H14N2O5/c1-16-8-6-21-13(18)11(8)12(15-14(16)19)7-3-4-9(17)10(5-7)20-2/h3-5,12,17H,6H2,1-2H3,(H,15,19)/t12-/m1/s1. The molecular formula is C14H14N2O5. The van der Waals surface area contributed by atoms with E-state index >= 15 is 0 Å². The van der Waals surface area contributed by atoms with Crippen LogP contribution in [0.15, 0.2) is 29.5 Å². The van der Waals surface area contributed by atoms with E-state index in [0.29, 0.717) is 16.8 Å². The molecule has 2 aliphatic heterocycles. The van der Waals surface area contributed by atoms with Gasteiger partial charge in [0.2, 0.25) is 0 Å². The molecule has 1 aromatic carbocycles. The molecule has 0 aliphatic carbocycles. The van der Waals surface area contributed by atoms with Gasteiger partial charge in [-0.25, -0.2) is 9.59 Å². The number of esters is 1. The molecule has 0 bridgehead atoms. The Kier molecular flexibility index (Phi) is 2.97. The molecule has 2 N–H and O–H groups in total. The van der Waals surface area contributed by atoms with Crippen molar-refractivity contribution in [3.8, 4) is 11.5 Å². The molecular weight excluding hydrogens is 276 g/mol. The van der Waals surface area contributed by atoms with Gasteiger partial charge in [0.25, 0.3) is 0 Å². The molecule has 1 aromatic rings. The summed E-state index contributed by atoms with van der Waals surface area (Å²) < 4.78 is 10.1. The van der Waals surface area contributed by atoms with Gasteiger partial charge in [0, 0.05) is 7.05 Å². The maximum Gasteiger partial charge on any atom is 0.338 e. The molecule has 21 heavy (non-hydrogen) atoms. The molecule has 7 heteroatoms. The quantitative estimate of drug-likeness (QED) is 0.790. The van der Waals surface area contributed by atoms with Crippen LogP contribution in [0.2, 0.25) is 0 Å². The van der Waals surface area contributed by atoms with E-state index in [9.17, 15) is 14.7 Å². The molecule has 110 valence electrons. The molecule has 0 saturated carbocycles. The van der Waals surface area contributed by atoms with E-state index in [2.05, 4.69) is 5.32 Å². The van der Waals surface area contributed by atoms with E-state index in [4.69, 9.17) is 9.47 Å². The topological polar surface area (TPSA) is 88.1 Å². The van der Waals surface area contributed by atoms with Crippen LogP contribution in [0.25, 0.3) is 0 Å². The van der Waals surface area contributed by atoms with Gasteiger partial charge in [-0.3, -0.25) is 4.90 Å². The second-order valence-corrected chi connectivity index (χ2v) is 4.81. The Balaban J connectivity index is 2.09. The van der Waals surface area contributed by atoms with Crippen LogP contribution in [0.4, 0.5) is 4.79 Å². The number of cyclic esters (lactones) is 1. The van der Waals surface area contributed by atoms with Gasteiger partial charge in [-0.2, -0.15) is 0 Å². The number of phenolic OH excluding ortho intramolecular Hbond substituents is 1. The third-order valence-electron chi connectivity index (χ3n) is 3.67. The Morgan fingerprint density at radius 1 is 1.43 bits per heavy atom. The smallest absolute Gasteiger partial charge is 0.338 e. The summed E-state index contributed by atoms with van der Waals surface area (Å²) in [5.41, 5.74) is 1.60. The van der Waals surface area contributed by atoms with Gasteiger partial charge in [0.1, 0.15) is 6.61 Å². The molecule has 1 atom stereocenters. The molecule has 0 fully saturated rings. The minimum atomic E-state index is -0.617. The molecule has 0 unspecified atom stereocenters. The summed E-state index contributed by atoms with van der Waals surface area (Å²) in [6.07, 6.45) is 0. The Labute approximate surface area is 120 Å². The van der Waals surface area contributed by atoms with E-state index in [-0.39, 0.29) is 24.1 Å². The highest BCUT2D eigenvalue weighted by atomic mass is 16.5. The number of rotatable bonds is 2. The Bertz CT molecular complexity index is 667. The number of nitrogens with one attached hydrogen (secondary N) is 1. The summed E-state index contributed by atoms with van der Waals surface area (Å²) in [6, 6.07) is 3.74. The monoisotopic (exact) mass is 290 g/mol. The fourth-order valence-corrected chi connectivity index (χ4v) is 2.51. The van der Waals surface area contributed by atoms with E-state index in [1.54, 1.807) is 19.2 Å². The number of nitrogens with zero attached hydrogens (tertiary/aromatic N) is 1. The number of benzene rings is 1. The number of hydrogen-bond acceptors (Lipinski definition) is 5. The largest absolute Gasteiger partial charge is 0.504 e. The lowest BCUT2D eigenvalue weighted by atomic mass is 9.95. The second kappa shape index (κ2) is 4.69. The Morgan fingerprint density at radius 2 is 2.19 bits per heavy atom. The van der Waals surface area contributed by atoms with Crippen molar-refractivity contribution in [2.45, 2.75) is 6.04 Å². The first kappa shape index (κ1) is 13.3. The Hall–Kier alpha value is -2.70. The maximum absolute atomic E-state index is 12.0. The number of phenols is 1. The SMILES string of the molecule is COc1cc([C@H]2NC(=O)N(C)C3=C2C(=O)OC3)ccc1O. The van der Waals surface area contributed by atoms with Crippen LogP contribution in [0.3, 0.4) is 0 Å². The van der Waals surface area contributed by atoms with E-state index in [0.717, 1.165) is 0 Å². The predicted molar refractivity (Wildman–Crippen MR) is 71.7 cm³/mol. The van der Waals surface area contributed by atoms with Gasteiger partial charge in [-0.1, -0.05) is 6.07 Å².